The highest BCUT2D eigenvalue weighted by Crippen LogP contribution is 2.23. The molecule has 0 bridgehead atoms. The van der Waals surface area contributed by atoms with Crippen molar-refractivity contribution in [2.75, 3.05) is 5.32 Å². The minimum atomic E-state index is -0.778. The quantitative estimate of drug-likeness (QED) is 0.755. The highest BCUT2D eigenvalue weighted by Gasteiger charge is 2.16. The highest BCUT2D eigenvalue weighted by molar-refractivity contribution is 6.33. The Hall–Kier alpha value is -3.00. The van der Waals surface area contributed by atoms with E-state index in [1.54, 1.807) is 31.2 Å². The first kappa shape index (κ1) is 16.8. The summed E-state index contributed by atoms with van der Waals surface area (Å²) in [5, 5.41) is 13.6. The summed E-state index contributed by atoms with van der Waals surface area (Å²) in [6.07, 6.45) is 0.693. The minimum absolute atomic E-state index is 0.117. The number of halogens is 2. The van der Waals surface area contributed by atoms with Crippen molar-refractivity contribution in [1.29, 1.82) is 0 Å². The molecule has 1 heterocycles. The average molecular weight is 362 g/mol. The van der Waals surface area contributed by atoms with Crippen LogP contribution < -0.4 is 10.1 Å². The molecule has 0 saturated heterocycles. The lowest BCUT2D eigenvalue weighted by Crippen LogP contribution is -2.30. The standard InChI is InChI=1S/C16H13ClFN5O2/c1-10(16(24)20-15-7-2-11(18)8-14(15)17)25-13-5-3-12(4-6-13)23-9-19-21-22-23/h2-10H,1H3,(H,20,24)/t10-/m1/s1. The topological polar surface area (TPSA) is 81.9 Å². The van der Waals surface area contributed by atoms with Crippen molar-refractivity contribution in [3.05, 3.63) is 59.6 Å². The summed E-state index contributed by atoms with van der Waals surface area (Å²) < 4.78 is 20.1. The van der Waals surface area contributed by atoms with Gasteiger partial charge in [0.15, 0.2) is 6.10 Å². The van der Waals surface area contributed by atoms with E-state index in [-0.39, 0.29) is 5.02 Å². The number of nitrogens with zero attached hydrogens (tertiary/aromatic N) is 4. The van der Waals surface area contributed by atoms with Crippen LogP contribution in [-0.2, 0) is 4.79 Å². The van der Waals surface area contributed by atoms with Crippen LogP contribution in [0, 0.1) is 5.82 Å². The van der Waals surface area contributed by atoms with Crippen LogP contribution in [0.25, 0.3) is 5.69 Å². The van der Waals surface area contributed by atoms with Crippen LogP contribution in [-0.4, -0.2) is 32.2 Å². The predicted octanol–water partition coefficient (Wildman–Crippen LogP) is 2.86. The summed E-state index contributed by atoms with van der Waals surface area (Å²) in [5.41, 5.74) is 1.07. The maximum absolute atomic E-state index is 13.0. The number of hydrogen-bond acceptors (Lipinski definition) is 5. The molecule has 1 atom stereocenters. The molecule has 0 spiro atoms. The number of anilines is 1. The molecule has 3 rings (SSSR count). The van der Waals surface area contributed by atoms with Crippen LogP contribution in [0.1, 0.15) is 6.92 Å². The number of benzene rings is 2. The first-order chi connectivity index (χ1) is 12.0. The van der Waals surface area contributed by atoms with Crippen LogP contribution >= 0.6 is 11.6 Å². The Balaban J connectivity index is 1.63. The van der Waals surface area contributed by atoms with Gasteiger partial charge in [-0.05, 0) is 59.8 Å². The van der Waals surface area contributed by atoms with E-state index in [9.17, 15) is 9.18 Å². The lowest BCUT2D eigenvalue weighted by Gasteiger charge is -2.15. The van der Waals surface area contributed by atoms with Crippen molar-refractivity contribution in [3.63, 3.8) is 0 Å². The molecule has 0 unspecified atom stereocenters. The fourth-order valence-corrected chi connectivity index (χ4v) is 2.25. The van der Waals surface area contributed by atoms with E-state index in [0.717, 1.165) is 11.8 Å². The van der Waals surface area contributed by atoms with Gasteiger partial charge in [-0.3, -0.25) is 4.79 Å². The Labute approximate surface area is 147 Å². The molecule has 128 valence electrons. The molecule has 9 heteroatoms. The minimum Gasteiger partial charge on any atom is -0.481 e. The second kappa shape index (κ2) is 7.27. The number of carbonyl (C=O) groups is 1. The first-order valence-corrected chi connectivity index (χ1v) is 7.67. The zero-order chi connectivity index (χ0) is 17.8. The highest BCUT2D eigenvalue weighted by atomic mass is 35.5. The third kappa shape index (κ3) is 4.10. The fourth-order valence-electron chi connectivity index (χ4n) is 2.04. The van der Waals surface area contributed by atoms with Gasteiger partial charge in [0.1, 0.15) is 17.9 Å². The molecule has 0 aliphatic carbocycles. The number of ether oxygens (including phenoxy) is 1. The van der Waals surface area contributed by atoms with Gasteiger partial charge in [0.25, 0.3) is 5.91 Å². The molecule has 0 radical (unpaired) electrons. The number of tetrazole rings is 1. The maximum atomic E-state index is 13.0. The molecule has 3 aromatic rings. The van der Waals surface area contributed by atoms with E-state index in [2.05, 4.69) is 20.8 Å². The molecule has 0 aliphatic heterocycles. The summed E-state index contributed by atoms with van der Waals surface area (Å²) in [5.74, 6) is -0.377. The van der Waals surface area contributed by atoms with E-state index in [1.165, 1.54) is 23.1 Å². The molecule has 2 aromatic carbocycles. The normalized spacial score (nSPS) is 11.8. The van der Waals surface area contributed by atoms with Crippen LogP contribution in [0.2, 0.25) is 5.02 Å². The van der Waals surface area contributed by atoms with E-state index >= 15 is 0 Å². The SMILES string of the molecule is C[C@@H](Oc1ccc(-n2cnnn2)cc1)C(=O)Nc1ccc(F)cc1Cl. The predicted molar refractivity (Wildman–Crippen MR) is 89.3 cm³/mol. The van der Waals surface area contributed by atoms with Crippen molar-refractivity contribution in [3.8, 4) is 11.4 Å². The van der Waals surface area contributed by atoms with Crippen LogP contribution in [0.3, 0.4) is 0 Å². The number of carbonyl (C=O) groups excluding carboxylic acids is 1. The van der Waals surface area contributed by atoms with Crippen LogP contribution in [0.5, 0.6) is 5.75 Å². The second-order valence-corrected chi connectivity index (χ2v) is 5.53. The smallest absolute Gasteiger partial charge is 0.265 e. The van der Waals surface area contributed by atoms with E-state index < -0.39 is 17.8 Å². The Morgan fingerprint density at radius 2 is 2.04 bits per heavy atom. The van der Waals surface area contributed by atoms with Gasteiger partial charge >= 0.3 is 0 Å². The number of aromatic nitrogens is 4. The van der Waals surface area contributed by atoms with Gasteiger partial charge in [-0.1, -0.05) is 11.6 Å². The van der Waals surface area contributed by atoms with Gasteiger partial charge in [-0.15, -0.1) is 5.10 Å². The molecule has 0 saturated carbocycles. The first-order valence-electron chi connectivity index (χ1n) is 7.29. The van der Waals surface area contributed by atoms with Crippen molar-refractivity contribution in [1.82, 2.24) is 20.2 Å². The van der Waals surface area contributed by atoms with E-state index in [0.29, 0.717) is 11.4 Å². The maximum Gasteiger partial charge on any atom is 0.265 e. The zero-order valence-corrected chi connectivity index (χ0v) is 13.8. The number of nitrogens with one attached hydrogen (secondary N) is 1. The Morgan fingerprint density at radius 3 is 2.68 bits per heavy atom. The van der Waals surface area contributed by atoms with Crippen molar-refractivity contribution >= 4 is 23.2 Å². The second-order valence-electron chi connectivity index (χ2n) is 5.12. The lowest BCUT2D eigenvalue weighted by atomic mass is 10.2. The van der Waals surface area contributed by atoms with Gasteiger partial charge in [0.05, 0.1) is 16.4 Å². The summed E-state index contributed by atoms with van der Waals surface area (Å²) >= 11 is 5.89. The van der Waals surface area contributed by atoms with Gasteiger partial charge in [-0.25, -0.2) is 9.07 Å². The Bertz CT molecular complexity index is 871. The molecule has 1 amide bonds. The fraction of sp³-hybridized carbons (Fsp3) is 0.125. The number of hydrogen-bond donors (Lipinski definition) is 1. The van der Waals surface area contributed by atoms with Gasteiger partial charge < -0.3 is 10.1 Å². The number of rotatable bonds is 5. The molecule has 0 fully saturated rings. The molecule has 7 nitrogen and oxygen atoms in total. The monoisotopic (exact) mass is 361 g/mol. The zero-order valence-electron chi connectivity index (χ0n) is 13.1. The molecule has 0 aliphatic rings. The third-order valence-electron chi connectivity index (χ3n) is 3.32. The molecule has 25 heavy (non-hydrogen) atoms. The van der Waals surface area contributed by atoms with Crippen molar-refractivity contribution in [2.24, 2.45) is 0 Å². The third-order valence-corrected chi connectivity index (χ3v) is 3.63. The Kier molecular flexibility index (Phi) is 4.90. The van der Waals surface area contributed by atoms with Crippen molar-refractivity contribution < 1.29 is 13.9 Å². The summed E-state index contributed by atoms with van der Waals surface area (Å²) in [4.78, 5) is 12.2. The largest absolute Gasteiger partial charge is 0.481 e. The molecule has 1 aromatic heterocycles. The summed E-state index contributed by atoms with van der Waals surface area (Å²) in [7, 11) is 0. The molecule has 1 N–H and O–H groups in total. The van der Waals surface area contributed by atoms with Gasteiger partial charge in [0, 0.05) is 0 Å². The lowest BCUT2D eigenvalue weighted by molar-refractivity contribution is -0.122. The van der Waals surface area contributed by atoms with Gasteiger partial charge in [-0.2, -0.15) is 0 Å². The number of amides is 1. The van der Waals surface area contributed by atoms with Gasteiger partial charge in [0.2, 0.25) is 0 Å². The molecular formula is C16H13ClFN5O2. The van der Waals surface area contributed by atoms with E-state index in [4.69, 9.17) is 16.3 Å². The average Bonchev–Trinajstić information content (AvgIpc) is 3.12. The van der Waals surface area contributed by atoms with Crippen molar-refractivity contribution in [2.45, 2.75) is 13.0 Å². The summed E-state index contributed by atoms with van der Waals surface area (Å²) in [6.45, 7) is 1.60. The Morgan fingerprint density at radius 1 is 1.28 bits per heavy atom. The van der Waals surface area contributed by atoms with E-state index in [1.807, 2.05) is 0 Å². The van der Waals surface area contributed by atoms with Crippen LogP contribution in [0.4, 0.5) is 10.1 Å². The summed E-state index contributed by atoms with van der Waals surface area (Å²) in [6, 6.07) is 10.6. The molecular weight excluding hydrogens is 349 g/mol. The van der Waals surface area contributed by atoms with Crippen LogP contribution in [0.15, 0.2) is 48.8 Å².